The molecule has 0 bridgehead atoms. The van der Waals surface area contributed by atoms with E-state index < -0.39 is 0 Å². The van der Waals surface area contributed by atoms with Crippen molar-refractivity contribution in [2.45, 2.75) is 13.0 Å². The normalized spacial score (nSPS) is 12.2. The molecule has 0 fully saturated rings. The zero-order valence-electron chi connectivity index (χ0n) is 17.4. The first-order valence-corrected chi connectivity index (χ1v) is 9.90. The summed E-state index contributed by atoms with van der Waals surface area (Å²) in [6.07, 6.45) is 5.25. The molecule has 0 spiro atoms. The molecule has 0 aliphatic carbocycles. The number of methoxy groups -OCH3 is 1. The predicted molar refractivity (Wildman–Crippen MR) is 116 cm³/mol. The van der Waals surface area contributed by atoms with Crippen LogP contribution in [0.3, 0.4) is 0 Å². The molecule has 2 aromatic heterocycles. The summed E-state index contributed by atoms with van der Waals surface area (Å²) in [5.41, 5.74) is 3.10. The monoisotopic (exact) mass is 403 g/mol. The van der Waals surface area contributed by atoms with Crippen LogP contribution in [0.25, 0.3) is 22.0 Å². The fourth-order valence-electron chi connectivity index (χ4n) is 3.55. The quantitative estimate of drug-likeness (QED) is 0.510. The van der Waals surface area contributed by atoms with Crippen molar-refractivity contribution in [3.05, 3.63) is 72.4 Å². The second kappa shape index (κ2) is 8.51. The molecular weight excluding hydrogens is 378 g/mol. The molecule has 0 saturated carbocycles. The zero-order chi connectivity index (χ0) is 21.1. The molecule has 7 nitrogen and oxygen atoms in total. The van der Waals surface area contributed by atoms with Crippen LogP contribution in [0.5, 0.6) is 0 Å². The van der Waals surface area contributed by atoms with E-state index in [2.05, 4.69) is 28.2 Å². The van der Waals surface area contributed by atoms with Crippen LogP contribution in [0, 0.1) is 0 Å². The first-order chi connectivity index (χ1) is 14.6. The minimum atomic E-state index is -0.0907. The number of aromatic amines is 1. The van der Waals surface area contributed by atoms with E-state index in [0.717, 1.165) is 22.0 Å². The number of ether oxygens (including phenoxy) is 1. The van der Waals surface area contributed by atoms with Gasteiger partial charge in [0.2, 0.25) is 0 Å². The highest BCUT2D eigenvalue weighted by Crippen LogP contribution is 2.31. The van der Waals surface area contributed by atoms with E-state index in [0.29, 0.717) is 24.4 Å². The standard InChI is InChI=1S/C23H25N5O2/c1-16(21-13-24-15-25-21)28-14-20(23(29)27(2)11-12-30-3)22(26-28)19-10-6-8-17-7-4-5-9-18(17)19/h4-10,13-16H,11-12H2,1-3H3,(H,24,25). The van der Waals surface area contributed by atoms with Gasteiger partial charge in [0.05, 0.1) is 36.4 Å². The molecule has 0 aliphatic rings. The van der Waals surface area contributed by atoms with E-state index in [-0.39, 0.29) is 11.9 Å². The molecule has 2 aromatic carbocycles. The summed E-state index contributed by atoms with van der Waals surface area (Å²) in [5.74, 6) is -0.0851. The van der Waals surface area contributed by atoms with E-state index in [9.17, 15) is 4.79 Å². The average molecular weight is 403 g/mol. The van der Waals surface area contributed by atoms with Crippen molar-refractivity contribution in [1.82, 2.24) is 24.6 Å². The van der Waals surface area contributed by atoms with Gasteiger partial charge in [0.15, 0.2) is 0 Å². The van der Waals surface area contributed by atoms with Gasteiger partial charge in [-0.3, -0.25) is 9.48 Å². The Kier molecular flexibility index (Phi) is 5.63. The number of nitrogens with one attached hydrogen (secondary N) is 1. The van der Waals surface area contributed by atoms with Crippen LogP contribution < -0.4 is 0 Å². The number of H-pyrrole nitrogens is 1. The second-order valence-corrected chi connectivity index (χ2v) is 7.30. The Labute approximate surface area is 175 Å². The summed E-state index contributed by atoms with van der Waals surface area (Å²) in [4.78, 5) is 22.2. The van der Waals surface area contributed by atoms with E-state index in [4.69, 9.17) is 9.84 Å². The lowest BCUT2D eigenvalue weighted by Gasteiger charge is -2.16. The molecule has 30 heavy (non-hydrogen) atoms. The van der Waals surface area contributed by atoms with Crippen LogP contribution in [0.4, 0.5) is 0 Å². The second-order valence-electron chi connectivity index (χ2n) is 7.30. The van der Waals surface area contributed by atoms with Crippen LogP contribution in [0.2, 0.25) is 0 Å². The molecule has 4 rings (SSSR count). The Hall–Kier alpha value is -3.45. The highest BCUT2D eigenvalue weighted by Gasteiger charge is 2.24. The molecule has 1 N–H and O–H groups in total. The smallest absolute Gasteiger partial charge is 0.257 e. The predicted octanol–water partition coefficient (Wildman–Crippen LogP) is 3.75. The van der Waals surface area contributed by atoms with Crippen LogP contribution in [-0.4, -0.2) is 57.9 Å². The lowest BCUT2D eigenvalue weighted by molar-refractivity contribution is 0.0745. The zero-order valence-corrected chi connectivity index (χ0v) is 17.4. The summed E-state index contributed by atoms with van der Waals surface area (Å²) >= 11 is 0. The lowest BCUT2D eigenvalue weighted by Crippen LogP contribution is -2.30. The SMILES string of the molecule is COCCN(C)C(=O)c1cn(C(C)c2cnc[nH]2)nc1-c1cccc2ccccc12. The molecular formula is C23H25N5O2. The number of fused-ring (bicyclic) bond motifs is 1. The fourth-order valence-corrected chi connectivity index (χ4v) is 3.55. The van der Waals surface area contributed by atoms with Gasteiger partial charge in [0.25, 0.3) is 5.91 Å². The molecule has 0 radical (unpaired) electrons. The van der Waals surface area contributed by atoms with Crippen LogP contribution in [0.15, 0.2) is 61.2 Å². The van der Waals surface area contributed by atoms with E-state index >= 15 is 0 Å². The Morgan fingerprint density at radius 2 is 2.03 bits per heavy atom. The maximum Gasteiger partial charge on any atom is 0.257 e. The molecule has 154 valence electrons. The topological polar surface area (TPSA) is 76.0 Å². The van der Waals surface area contributed by atoms with Crippen molar-refractivity contribution in [2.24, 2.45) is 0 Å². The first kappa shape index (κ1) is 19.8. The van der Waals surface area contributed by atoms with E-state index in [1.165, 1.54) is 0 Å². The molecule has 1 amide bonds. The molecule has 1 unspecified atom stereocenters. The number of carbonyl (C=O) groups excluding carboxylic acids is 1. The maximum atomic E-state index is 13.3. The highest BCUT2D eigenvalue weighted by atomic mass is 16.5. The first-order valence-electron chi connectivity index (χ1n) is 9.90. The minimum Gasteiger partial charge on any atom is -0.383 e. The van der Waals surface area contributed by atoms with Crippen molar-refractivity contribution in [2.75, 3.05) is 27.3 Å². The van der Waals surface area contributed by atoms with Crippen molar-refractivity contribution >= 4 is 16.7 Å². The summed E-state index contributed by atoms with van der Waals surface area (Å²) in [5, 5.41) is 7.03. The largest absolute Gasteiger partial charge is 0.383 e. The maximum absolute atomic E-state index is 13.3. The van der Waals surface area contributed by atoms with Gasteiger partial charge in [0, 0.05) is 32.5 Å². The molecule has 0 saturated heterocycles. The van der Waals surface area contributed by atoms with Crippen molar-refractivity contribution < 1.29 is 9.53 Å². The van der Waals surface area contributed by atoms with Crippen LogP contribution in [0.1, 0.15) is 29.0 Å². The molecule has 1 atom stereocenters. The van der Waals surface area contributed by atoms with Gasteiger partial charge < -0.3 is 14.6 Å². The average Bonchev–Trinajstić information content (AvgIpc) is 3.46. The third-order valence-corrected chi connectivity index (χ3v) is 5.35. The Balaban J connectivity index is 1.84. The number of hydrogen-bond acceptors (Lipinski definition) is 4. The van der Waals surface area contributed by atoms with Crippen molar-refractivity contribution in [1.29, 1.82) is 0 Å². The number of carbonyl (C=O) groups is 1. The number of nitrogens with zero attached hydrogens (tertiary/aromatic N) is 4. The van der Waals surface area contributed by atoms with Crippen molar-refractivity contribution in [3.8, 4) is 11.3 Å². The Morgan fingerprint density at radius 1 is 1.23 bits per heavy atom. The number of hydrogen-bond donors (Lipinski definition) is 1. The Morgan fingerprint density at radius 3 is 2.80 bits per heavy atom. The van der Waals surface area contributed by atoms with Crippen molar-refractivity contribution in [3.63, 3.8) is 0 Å². The highest BCUT2D eigenvalue weighted by molar-refractivity contribution is 6.04. The molecule has 0 aliphatic heterocycles. The van der Waals surface area contributed by atoms with E-state index in [1.54, 1.807) is 31.6 Å². The summed E-state index contributed by atoms with van der Waals surface area (Å²) in [6.45, 7) is 3.01. The van der Waals surface area contributed by atoms with Crippen LogP contribution >= 0.6 is 0 Å². The van der Waals surface area contributed by atoms with Gasteiger partial charge in [-0.2, -0.15) is 5.10 Å². The van der Waals surface area contributed by atoms with Gasteiger partial charge in [-0.1, -0.05) is 42.5 Å². The number of aromatic nitrogens is 4. The van der Waals surface area contributed by atoms with Gasteiger partial charge in [0.1, 0.15) is 5.69 Å². The van der Waals surface area contributed by atoms with Crippen LogP contribution in [-0.2, 0) is 4.74 Å². The number of amides is 1. The van der Waals surface area contributed by atoms with E-state index in [1.807, 2.05) is 42.1 Å². The minimum absolute atomic E-state index is 0.0851. The van der Waals surface area contributed by atoms with Gasteiger partial charge in [-0.25, -0.2) is 4.98 Å². The summed E-state index contributed by atoms with van der Waals surface area (Å²) in [7, 11) is 3.41. The Bertz CT molecular complexity index is 1140. The third kappa shape index (κ3) is 3.71. The third-order valence-electron chi connectivity index (χ3n) is 5.35. The van der Waals surface area contributed by atoms with Gasteiger partial charge in [-0.05, 0) is 17.7 Å². The number of likely N-dealkylation sites (N-methyl/N-ethyl adjacent to an activating group) is 1. The number of rotatable bonds is 7. The lowest BCUT2D eigenvalue weighted by atomic mass is 10.00. The molecule has 7 heteroatoms. The fraction of sp³-hybridized carbons (Fsp3) is 0.261. The molecule has 2 heterocycles. The van der Waals surface area contributed by atoms with Gasteiger partial charge >= 0.3 is 0 Å². The number of benzene rings is 2. The number of imidazole rings is 1. The summed E-state index contributed by atoms with van der Waals surface area (Å²) < 4.78 is 6.96. The van der Waals surface area contributed by atoms with Gasteiger partial charge in [-0.15, -0.1) is 0 Å². The molecule has 4 aromatic rings. The summed E-state index contributed by atoms with van der Waals surface area (Å²) in [6, 6.07) is 14.1.